The number of carbonyl (C=O) groups excluding carboxylic acids is 1. The number of hydrogen-bond donors (Lipinski definition) is 0. The Hall–Kier alpha value is -3.99. The summed E-state index contributed by atoms with van der Waals surface area (Å²) in [4.78, 5) is 24.8. The quantitative estimate of drug-likeness (QED) is 0.363. The molecule has 0 N–H and O–H groups in total. The summed E-state index contributed by atoms with van der Waals surface area (Å²) in [5.41, 5.74) is 0.492. The van der Waals surface area contributed by atoms with Crippen molar-refractivity contribution in [2.45, 2.75) is 13.2 Å². The molecule has 0 spiro atoms. The number of fused-ring (bicyclic) bond motifs is 3. The van der Waals surface area contributed by atoms with Gasteiger partial charge in [-0.15, -0.1) is 21.5 Å². The lowest BCUT2D eigenvalue weighted by molar-refractivity contribution is 0.0421. The van der Waals surface area contributed by atoms with Crippen molar-refractivity contribution in [3.8, 4) is 5.75 Å². The maximum atomic E-state index is 13.0. The lowest BCUT2D eigenvalue weighted by Crippen LogP contribution is -2.19. The maximum absolute atomic E-state index is 13.0. The molecule has 162 valence electrons. The molecule has 0 aliphatic carbocycles. The predicted octanol–water partition coefficient (Wildman–Crippen LogP) is 3.31. The van der Waals surface area contributed by atoms with Gasteiger partial charge in [-0.05, 0) is 47.8 Å². The third kappa shape index (κ3) is 3.52. The van der Waals surface area contributed by atoms with Gasteiger partial charge in [0.15, 0.2) is 12.4 Å². The van der Waals surface area contributed by atoms with E-state index in [0.29, 0.717) is 33.3 Å². The lowest BCUT2D eigenvalue weighted by atomic mass is 10.3. The summed E-state index contributed by atoms with van der Waals surface area (Å²) in [5, 5.41) is 9.92. The summed E-state index contributed by atoms with van der Waals surface area (Å²) in [6.45, 7) is -0.0941. The molecule has 4 heterocycles. The highest BCUT2D eigenvalue weighted by atomic mass is 32.1. The van der Waals surface area contributed by atoms with Crippen LogP contribution in [-0.2, 0) is 25.0 Å². The second-order valence-electron chi connectivity index (χ2n) is 6.84. The van der Waals surface area contributed by atoms with E-state index in [1.165, 1.54) is 46.2 Å². The smallest absolute Gasteiger partial charge is 0.374 e. The van der Waals surface area contributed by atoms with E-state index in [4.69, 9.17) is 13.9 Å². The number of thiophene rings is 1. The summed E-state index contributed by atoms with van der Waals surface area (Å²) in [7, 11) is 1.61. The Balaban J connectivity index is 1.29. The molecule has 0 aliphatic heterocycles. The Morgan fingerprint density at radius 2 is 1.94 bits per heavy atom. The van der Waals surface area contributed by atoms with Crippen LogP contribution in [0.5, 0.6) is 5.75 Å². The van der Waals surface area contributed by atoms with Crippen LogP contribution in [0.25, 0.3) is 16.0 Å². The Morgan fingerprint density at radius 1 is 1.12 bits per heavy atom. The van der Waals surface area contributed by atoms with E-state index in [9.17, 15) is 14.0 Å². The summed E-state index contributed by atoms with van der Waals surface area (Å²) >= 11 is 1.32. The number of furan rings is 1. The molecular weight excluding hydrogens is 439 g/mol. The van der Waals surface area contributed by atoms with Gasteiger partial charge in [-0.2, -0.15) is 0 Å². The van der Waals surface area contributed by atoms with Crippen molar-refractivity contribution in [3.05, 3.63) is 81.4 Å². The van der Waals surface area contributed by atoms with Crippen LogP contribution in [0.4, 0.5) is 4.39 Å². The molecule has 0 atom stereocenters. The van der Waals surface area contributed by atoms with Gasteiger partial charge in [-0.3, -0.25) is 13.8 Å². The Kier molecular flexibility index (Phi) is 4.94. The zero-order valence-corrected chi connectivity index (χ0v) is 17.5. The van der Waals surface area contributed by atoms with Gasteiger partial charge < -0.3 is 13.9 Å². The van der Waals surface area contributed by atoms with Crippen LogP contribution in [0.3, 0.4) is 0 Å². The summed E-state index contributed by atoms with van der Waals surface area (Å²) < 4.78 is 32.9. The molecule has 11 heteroatoms. The molecule has 4 aromatic heterocycles. The first-order chi connectivity index (χ1) is 15.5. The highest BCUT2D eigenvalue weighted by Gasteiger charge is 2.18. The van der Waals surface area contributed by atoms with E-state index in [-0.39, 0.29) is 30.4 Å². The van der Waals surface area contributed by atoms with Crippen molar-refractivity contribution in [1.82, 2.24) is 19.2 Å². The molecule has 0 saturated heterocycles. The summed E-state index contributed by atoms with van der Waals surface area (Å²) in [5.74, 6) is 0.571. The molecule has 0 fully saturated rings. The van der Waals surface area contributed by atoms with Crippen LogP contribution in [0.1, 0.15) is 22.1 Å². The van der Waals surface area contributed by atoms with Crippen molar-refractivity contribution in [2.24, 2.45) is 7.05 Å². The number of aryl methyl sites for hydroxylation is 1. The minimum atomic E-state index is -0.679. The average Bonchev–Trinajstić information content (AvgIpc) is 3.54. The maximum Gasteiger partial charge on any atom is 0.374 e. The van der Waals surface area contributed by atoms with Crippen molar-refractivity contribution >= 4 is 33.3 Å². The number of nitrogens with zero attached hydrogens (tertiary/aromatic N) is 4. The highest BCUT2D eigenvalue weighted by Crippen LogP contribution is 2.20. The first-order valence-corrected chi connectivity index (χ1v) is 10.3. The highest BCUT2D eigenvalue weighted by molar-refractivity contribution is 7.17. The van der Waals surface area contributed by atoms with Crippen LogP contribution in [0.2, 0.25) is 0 Å². The van der Waals surface area contributed by atoms with Crippen molar-refractivity contribution in [2.75, 3.05) is 0 Å². The second-order valence-corrected chi connectivity index (χ2v) is 7.75. The van der Waals surface area contributed by atoms with Crippen LogP contribution in [0, 0.1) is 5.82 Å². The first kappa shape index (κ1) is 19.9. The normalized spacial score (nSPS) is 11.3. The van der Waals surface area contributed by atoms with Gasteiger partial charge in [-0.25, -0.2) is 9.18 Å². The number of hydrogen-bond acceptors (Lipinski definition) is 8. The van der Waals surface area contributed by atoms with Crippen LogP contribution in [-0.4, -0.2) is 25.1 Å². The fourth-order valence-corrected chi connectivity index (χ4v) is 4.05. The molecule has 0 aliphatic rings. The van der Waals surface area contributed by atoms with Gasteiger partial charge in [0, 0.05) is 7.05 Å². The van der Waals surface area contributed by atoms with Crippen molar-refractivity contribution in [1.29, 1.82) is 0 Å². The van der Waals surface area contributed by atoms with E-state index in [1.807, 2.05) is 0 Å². The van der Waals surface area contributed by atoms with E-state index in [1.54, 1.807) is 29.0 Å². The second kappa shape index (κ2) is 7.93. The number of ether oxygens (including phenoxy) is 2. The topological polar surface area (TPSA) is 101 Å². The van der Waals surface area contributed by atoms with Gasteiger partial charge in [0.05, 0.1) is 5.52 Å². The first-order valence-electron chi connectivity index (χ1n) is 9.45. The monoisotopic (exact) mass is 454 g/mol. The number of aromatic nitrogens is 4. The van der Waals surface area contributed by atoms with Gasteiger partial charge >= 0.3 is 5.97 Å². The van der Waals surface area contributed by atoms with E-state index >= 15 is 0 Å². The summed E-state index contributed by atoms with van der Waals surface area (Å²) in [6.07, 6.45) is 0. The molecule has 1 aromatic carbocycles. The van der Waals surface area contributed by atoms with Gasteiger partial charge in [-0.1, -0.05) is 0 Å². The van der Waals surface area contributed by atoms with Crippen LogP contribution in [0.15, 0.2) is 57.1 Å². The number of esters is 1. The van der Waals surface area contributed by atoms with Crippen LogP contribution < -0.4 is 10.3 Å². The molecule has 0 bridgehead atoms. The average molecular weight is 454 g/mol. The Morgan fingerprint density at radius 3 is 2.75 bits per heavy atom. The minimum absolute atomic E-state index is 0.00427. The molecule has 5 rings (SSSR count). The van der Waals surface area contributed by atoms with E-state index < -0.39 is 5.97 Å². The predicted molar refractivity (Wildman–Crippen MR) is 112 cm³/mol. The van der Waals surface area contributed by atoms with Gasteiger partial charge in [0.25, 0.3) is 5.56 Å². The molecule has 0 radical (unpaired) electrons. The summed E-state index contributed by atoms with van der Waals surface area (Å²) in [6, 6.07) is 10.4. The number of carbonyl (C=O) groups is 1. The van der Waals surface area contributed by atoms with Gasteiger partial charge in [0.2, 0.25) is 11.5 Å². The lowest BCUT2D eigenvalue weighted by Gasteiger charge is -2.05. The van der Waals surface area contributed by atoms with E-state index in [2.05, 4.69) is 10.2 Å². The SMILES string of the molecule is Cn1c(=O)c2sccc2n2c(COC(=O)c3ccc(COc4ccc(F)cc4)o3)nnc12. The molecule has 9 nitrogen and oxygen atoms in total. The van der Waals surface area contributed by atoms with Crippen LogP contribution >= 0.6 is 11.3 Å². The van der Waals surface area contributed by atoms with E-state index in [0.717, 1.165) is 0 Å². The minimum Gasteiger partial charge on any atom is -0.486 e. The molecule has 0 unspecified atom stereocenters. The van der Waals surface area contributed by atoms with Crippen molar-refractivity contribution < 1.29 is 23.1 Å². The number of halogens is 1. The third-order valence-electron chi connectivity index (χ3n) is 4.79. The Labute approximate surface area is 183 Å². The largest absolute Gasteiger partial charge is 0.486 e. The molecule has 0 saturated carbocycles. The molecule has 32 heavy (non-hydrogen) atoms. The zero-order valence-electron chi connectivity index (χ0n) is 16.6. The zero-order chi connectivity index (χ0) is 22.2. The van der Waals surface area contributed by atoms with Gasteiger partial charge in [0.1, 0.15) is 28.6 Å². The molecule has 5 aromatic rings. The fraction of sp³-hybridized carbons (Fsp3) is 0.143. The molecular formula is C21H15FN4O5S. The fourth-order valence-electron chi connectivity index (χ4n) is 3.20. The van der Waals surface area contributed by atoms with Crippen molar-refractivity contribution in [3.63, 3.8) is 0 Å². The number of benzene rings is 1. The number of rotatable bonds is 6. The third-order valence-corrected chi connectivity index (χ3v) is 5.68. The standard InChI is InChI=1S/C21H15FN4O5S/c1-25-19(27)18-15(8-9-32-18)26-17(23-24-21(25)26)11-30-20(28)16-7-6-14(31-16)10-29-13-4-2-12(22)3-5-13/h2-9H,10-11H2,1H3. The Bertz CT molecular complexity index is 1500. The molecule has 0 amide bonds.